The molecule has 3 heteroatoms. The standard InChI is InChI=1S/C16H18N2O/c1-4-13(3)17-14-6-5-7-15(10-14)18-11-12(2)8-9-16(18)19/h5-11H,4H2,1-3H3. The number of hydrogen-bond donors (Lipinski definition) is 0. The monoisotopic (exact) mass is 254 g/mol. The zero-order valence-corrected chi connectivity index (χ0v) is 11.6. The van der Waals surface area contributed by atoms with E-state index in [9.17, 15) is 4.79 Å². The van der Waals surface area contributed by atoms with Gasteiger partial charge in [0.25, 0.3) is 5.56 Å². The van der Waals surface area contributed by atoms with Gasteiger partial charge in [-0.2, -0.15) is 0 Å². The zero-order chi connectivity index (χ0) is 13.8. The van der Waals surface area contributed by atoms with E-state index in [1.54, 1.807) is 10.6 Å². The Morgan fingerprint density at radius 2 is 2.05 bits per heavy atom. The predicted molar refractivity (Wildman–Crippen MR) is 79.8 cm³/mol. The van der Waals surface area contributed by atoms with Crippen LogP contribution in [0.25, 0.3) is 5.69 Å². The van der Waals surface area contributed by atoms with Gasteiger partial charge in [-0.3, -0.25) is 14.4 Å². The molecule has 0 saturated carbocycles. The second-order valence-corrected chi connectivity index (χ2v) is 4.64. The lowest BCUT2D eigenvalue weighted by atomic mass is 10.2. The molecule has 1 heterocycles. The lowest BCUT2D eigenvalue weighted by molar-refractivity contribution is 0.976. The number of pyridine rings is 1. The molecule has 0 aliphatic rings. The van der Waals surface area contributed by atoms with Crippen LogP contribution >= 0.6 is 0 Å². The molecule has 98 valence electrons. The van der Waals surface area contributed by atoms with Gasteiger partial charge in [0, 0.05) is 18.0 Å². The van der Waals surface area contributed by atoms with Gasteiger partial charge in [0.1, 0.15) is 0 Å². The topological polar surface area (TPSA) is 34.4 Å². The second kappa shape index (κ2) is 5.65. The van der Waals surface area contributed by atoms with Crippen molar-refractivity contribution in [3.05, 3.63) is 58.5 Å². The van der Waals surface area contributed by atoms with Gasteiger partial charge in [-0.15, -0.1) is 0 Å². The van der Waals surface area contributed by atoms with Gasteiger partial charge in [0.2, 0.25) is 0 Å². The van der Waals surface area contributed by atoms with Gasteiger partial charge in [-0.25, -0.2) is 0 Å². The highest BCUT2D eigenvalue weighted by Gasteiger charge is 2.01. The Kier molecular flexibility index (Phi) is 3.95. The molecule has 0 amide bonds. The Hall–Kier alpha value is -2.16. The average molecular weight is 254 g/mol. The van der Waals surface area contributed by atoms with Crippen LogP contribution in [0.2, 0.25) is 0 Å². The van der Waals surface area contributed by atoms with Crippen molar-refractivity contribution in [1.29, 1.82) is 0 Å². The minimum atomic E-state index is -0.0288. The van der Waals surface area contributed by atoms with E-state index in [2.05, 4.69) is 11.9 Å². The lowest BCUT2D eigenvalue weighted by Crippen LogP contribution is -2.16. The van der Waals surface area contributed by atoms with Crippen LogP contribution in [0.3, 0.4) is 0 Å². The second-order valence-electron chi connectivity index (χ2n) is 4.64. The summed E-state index contributed by atoms with van der Waals surface area (Å²) in [5.41, 5.74) is 3.83. The van der Waals surface area contributed by atoms with Crippen LogP contribution in [-0.2, 0) is 0 Å². The molecule has 0 fully saturated rings. The summed E-state index contributed by atoms with van der Waals surface area (Å²) in [4.78, 5) is 16.4. The molecular weight excluding hydrogens is 236 g/mol. The summed E-state index contributed by atoms with van der Waals surface area (Å²) in [5, 5.41) is 0. The molecule has 1 aromatic heterocycles. The summed E-state index contributed by atoms with van der Waals surface area (Å²) >= 11 is 0. The maximum absolute atomic E-state index is 11.9. The number of aromatic nitrogens is 1. The SMILES string of the molecule is CCC(C)=Nc1cccc(-n2cc(C)ccc2=O)c1. The Labute approximate surface area is 113 Å². The molecule has 0 atom stereocenters. The molecule has 0 radical (unpaired) electrons. The highest BCUT2D eigenvalue weighted by Crippen LogP contribution is 2.17. The van der Waals surface area contributed by atoms with E-state index < -0.39 is 0 Å². The Bertz CT molecular complexity index is 668. The van der Waals surface area contributed by atoms with E-state index in [1.807, 2.05) is 50.4 Å². The van der Waals surface area contributed by atoms with Crippen molar-refractivity contribution in [3.8, 4) is 5.69 Å². The highest BCUT2D eigenvalue weighted by molar-refractivity contribution is 5.84. The molecule has 2 rings (SSSR count). The highest BCUT2D eigenvalue weighted by atomic mass is 16.1. The van der Waals surface area contributed by atoms with Gasteiger partial charge >= 0.3 is 0 Å². The summed E-state index contributed by atoms with van der Waals surface area (Å²) in [6.07, 6.45) is 2.77. The number of hydrogen-bond acceptors (Lipinski definition) is 2. The zero-order valence-electron chi connectivity index (χ0n) is 11.6. The van der Waals surface area contributed by atoms with Crippen LogP contribution in [0.1, 0.15) is 25.8 Å². The Balaban J connectivity index is 2.49. The summed E-state index contributed by atoms with van der Waals surface area (Å²) in [7, 11) is 0. The van der Waals surface area contributed by atoms with E-state index in [4.69, 9.17) is 0 Å². The third-order valence-corrected chi connectivity index (χ3v) is 3.00. The van der Waals surface area contributed by atoms with E-state index in [1.165, 1.54) is 0 Å². The van der Waals surface area contributed by atoms with Crippen LogP contribution in [0.15, 0.2) is 52.4 Å². The van der Waals surface area contributed by atoms with Crippen LogP contribution < -0.4 is 5.56 Å². The van der Waals surface area contributed by atoms with E-state index in [-0.39, 0.29) is 5.56 Å². The molecule has 0 saturated heterocycles. The van der Waals surface area contributed by atoms with Crippen LogP contribution in [0.4, 0.5) is 5.69 Å². The number of nitrogens with zero attached hydrogens (tertiary/aromatic N) is 2. The molecule has 0 unspecified atom stereocenters. The molecule has 0 bridgehead atoms. The minimum Gasteiger partial charge on any atom is -0.284 e. The molecular formula is C16H18N2O. The van der Waals surface area contributed by atoms with Crippen molar-refractivity contribution in [2.75, 3.05) is 0 Å². The smallest absolute Gasteiger partial charge is 0.255 e. The Morgan fingerprint density at radius 1 is 1.26 bits per heavy atom. The number of aliphatic imine (C=N–C) groups is 1. The van der Waals surface area contributed by atoms with Crippen LogP contribution in [0, 0.1) is 6.92 Å². The molecule has 0 aliphatic carbocycles. The normalized spacial score (nSPS) is 11.6. The number of rotatable bonds is 3. The first-order valence-corrected chi connectivity index (χ1v) is 6.44. The van der Waals surface area contributed by atoms with Crippen LogP contribution in [-0.4, -0.2) is 10.3 Å². The quantitative estimate of drug-likeness (QED) is 0.770. The first-order valence-electron chi connectivity index (χ1n) is 6.44. The number of aryl methyl sites for hydroxylation is 1. The summed E-state index contributed by atoms with van der Waals surface area (Å²) in [6, 6.07) is 11.1. The molecule has 2 aromatic rings. The first-order chi connectivity index (χ1) is 9.10. The predicted octanol–water partition coefficient (Wildman–Crippen LogP) is 3.65. The van der Waals surface area contributed by atoms with E-state index in [0.717, 1.165) is 29.1 Å². The Morgan fingerprint density at radius 3 is 2.79 bits per heavy atom. The third kappa shape index (κ3) is 3.19. The molecule has 0 spiro atoms. The largest absolute Gasteiger partial charge is 0.284 e. The van der Waals surface area contributed by atoms with E-state index >= 15 is 0 Å². The summed E-state index contributed by atoms with van der Waals surface area (Å²) < 4.78 is 1.65. The van der Waals surface area contributed by atoms with Crippen molar-refractivity contribution in [2.24, 2.45) is 4.99 Å². The third-order valence-electron chi connectivity index (χ3n) is 3.00. The van der Waals surface area contributed by atoms with E-state index in [0.29, 0.717) is 0 Å². The maximum Gasteiger partial charge on any atom is 0.255 e. The molecule has 0 N–H and O–H groups in total. The lowest BCUT2D eigenvalue weighted by Gasteiger charge is -2.07. The summed E-state index contributed by atoms with van der Waals surface area (Å²) in [5.74, 6) is 0. The van der Waals surface area contributed by atoms with Crippen molar-refractivity contribution in [3.63, 3.8) is 0 Å². The molecule has 3 nitrogen and oxygen atoms in total. The van der Waals surface area contributed by atoms with Crippen LogP contribution in [0.5, 0.6) is 0 Å². The fourth-order valence-corrected chi connectivity index (χ4v) is 1.81. The fourth-order valence-electron chi connectivity index (χ4n) is 1.81. The van der Waals surface area contributed by atoms with Gasteiger partial charge < -0.3 is 0 Å². The molecule has 19 heavy (non-hydrogen) atoms. The van der Waals surface area contributed by atoms with Gasteiger partial charge in [0.05, 0.1) is 11.4 Å². The van der Waals surface area contributed by atoms with Gasteiger partial charge in [-0.05, 0) is 44.0 Å². The minimum absolute atomic E-state index is 0.0288. The molecule has 0 aliphatic heterocycles. The average Bonchev–Trinajstić information content (AvgIpc) is 2.41. The van der Waals surface area contributed by atoms with Gasteiger partial charge in [0.15, 0.2) is 0 Å². The van der Waals surface area contributed by atoms with Gasteiger partial charge in [-0.1, -0.05) is 19.1 Å². The van der Waals surface area contributed by atoms with Crippen molar-refractivity contribution < 1.29 is 0 Å². The summed E-state index contributed by atoms with van der Waals surface area (Å²) in [6.45, 7) is 6.05. The fraction of sp³-hybridized carbons (Fsp3) is 0.250. The van der Waals surface area contributed by atoms with Crippen molar-refractivity contribution in [2.45, 2.75) is 27.2 Å². The maximum atomic E-state index is 11.9. The number of benzene rings is 1. The molecule has 1 aromatic carbocycles. The first kappa shape index (κ1) is 13.3. The van der Waals surface area contributed by atoms with Crippen molar-refractivity contribution in [1.82, 2.24) is 4.57 Å². The van der Waals surface area contributed by atoms with Crippen molar-refractivity contribution >= 4 is 11.4 Å².